The fourth-order valence-corrected chi connectivity index (χ4v) is 5.52. The molecule has 1 aromatic rings. The molecule has 4 unspecified atom stereocenters. The molecule has 1 aliphatic carbocycles. The molecule has 1 fully saturated rings. The van der Waals surface area contributed by atoms with Crippen molar-refractivity contribution in [2.45, 2.75) is 81.7 Å². The van der Waals surface area contributed by atoms with Crippen molar-refractivity contribution in [1.82, 2.24) is 0 Å². The van der Waals surface area contributed by atoms with Crippen LogP contribution < -0.4 is 4.74 Å². The third kappa shape index (κ3) is 9.90. The minimum atomic E-state index is -0.713. The summed E-state index contributed by atoms with van der Waals surface area (Å²) in [5.74, 6) is 0.882. The monoisotopic (exact) mass is 458 g/mol. The summed E-state index contributed by atoms with van der Waals surface area (Å²) in [5.41, 5.74) is 0. The van der Waals surface area contributed by atoms with Gasteiger partial charge in [0.1, 0.15) is 12.4 Å². The van der Waals surface area contributed by atoms with Crippen LogP contribution in [0.2, 0.25) is 5.02 Å². The molecule has 1 saturated carbocycles. The van der Waals surface area contributed by atoms with Gasteiger partial charge in [-0.3, -0.25) is 4.79 Å². The lowest BCUT2D eigenvalue weighted by atomic mass is 9.97. The maximum absolute atomic E-state index is 10.5. The number of hydrogen-bond acceptors (Lipinski definition) is 5. The molecule has 0 spiro atoms. The van der Waals surface area contributed by atoms with Crippen LogP contribution in [0, 0.1) is 5.92 Å². The molecule has 1 aromatic carbocycles. The first-order valence-corrected chi connectivity index (χ1v) is 12.5. The maximum atomic E-state index is 10.5. The average molecular weight is 459 g/mol. The highest BCUT2D eigenvalue weighted by Crippen LogP contribution is 2.38. The van der Waals surface area contributed by atoms with Gasteiger partial charge in [-0.25, -0.2) is 0 Å². The van der Waals surface area contributed by atoms with E-state index in [0.29, 0.717) is 27.7 Å². The summed E-state index contributed by atoms with van der Waals surface area (Å²) in [5, 5.41) is 30.3. The molecule has 170 valence electrons. The Morgan fingerprint density at radius 1 is 1.10 bits per heavy atom. The number of rotatable bonds is 15. The van der Waals surface area contributed by atoms with Gasteiger partial charge in [0, 0.05) is 22.4 Å². The Labute approximate surface area is 189 Å². The largest absolute Gasteiger partial charge is 0.491 e. The number of aliphatic carboxylic acids is 1. The average Bonchev–Trinajstić information content (AvgIpc) is 3.07. The van der Waals surface area contributed by atoms with Crippen molar-refractivity contribution in [3.8, 4) is 5.75 Å². The van der Waals surface area contributed by atoms with Crippen molar-refractivity contribution in [3.63, 3.8) is 0 Å². The summed E-state index contributed by atoms with van der Waals surface area (Å²) >= 11 is 7.61. The highest BCUT2D eigenvalue weighted by molar-refractivity contribution is 7.99. The molecule has 30 heavy (non-hydrogen) atoms. The molecule has 5 nitrogen and oxygen atoms in total. The molecule has 0 radical (unpaired) electrons. The minimum absolute atomic E-state index is 0.236. The number of carbonyl (C=O) groups is 1. The summed E-state index contributed by atoms with van der Waals surface area (Å²) in [6.07, 6.45) is 8.52. The number of unbranched alkanes of at least 4 members (excludes halogenated alkanes) is 5. The Hall–Kier alpha value is -0.950. The predicted molar refractivity (Wildman–Crippen MR) is 123 cm³/mol. The third-order valence-electron chi connectivity index (χ3n) is 5.66. The molecule has 0 saturated heterocycles. The first-order chi connectivity index (χ1) is 14.5. The lowest BCUT2D eigenvalue weighted by molar-refractivity contribution is -0.137. The molecule has 0 amide bonds. The summed E-state index contributed by atoms with van der Waals surface area (Å²) in [7, 11) is 0. The van der Waals surface area contributed by atoms with Crippen molar-refractivity contribution in [2.75, 3.05) is 12.4 Å². The number of aliphatic hydroxyl groups is 2. The number of aliphatic hydroxyl groups excluding tert-OH is 2. The van der Waals surface area contributed by atoms with Crippen molar-refractivity contribution in [3.05, 3.63) is 29.3 Å². The summed E-state index contributed by atoms with van der Waals surface area (Å²) in [6, 6.07) is 7.10. The highest BCUT2D eigenvalue weighted by atomic mass is 35.5. The minimum Gasteiger partial charge on any atom is -0.491 e. The third-order valence-corrected chi connectivity index (χ3v) is 7.50. The van der Waals surface area contributed by atoms with E-state index in [-0.39, 0.29) is 19.1 Å². The van der Waals surface area contributed by atoms with Gasteiger partial charge in [0.2, 0.25) is 0 Å². The van der Waals surface area contributed by atoms with Crippen molar-refractivity contribution < 1.29 is 24.9 Å². The number of hydrogen-bond donors (Lipinski definition) is 3. The number of carboxylic acid groups (broad SMARTS) is 1. The summed E-state index contributed by atoms with van der Waals surface area (Å²) in [6.45, 7) is 0.246. The van der Waals surface area contributed by atoms with E-state index in [9.17, 15) is 15.0 Å². The van der Waals surface area contributed by atoms with Gasteiger partial charge in [-0.1, -0.05) is 43.7 Å². The molecule has 0 heterocycles. The zero-order chi connectivity index (χ0) is 21.8. The van der Waals surface area contributed by atoms with Gasteiger partial charge in [-0.15, -0.1) is 0 Å². The van der Waals surface area contributed by atoms with E-state index in [0.717, 1.165) is 57.8 Å². The lowest BCUT2D eigenvalue weighted by Crippen LogP contribution is -2.25. The Kier molecular flexibility index (Phi) is 12.0. The molecule has 7 heteroatoms. The highest BCUT2D eigenvalue weighted by Gasteiger charge is 2.34. The van der Waals surface area contributed by atoms with Gasteiger partial charge in [0.25, 0.3) is 0 Å². The van der Waals surface area contributed by atoms with E-state index in [4.69, 9.17) is 21.4 Å². The Morgan fingerprint density at radius 3 is 2.47 bits per heavy atom. The van der Waals surface area contributed by atoms with Crippen LogP contribution in [0.1, 0.15) is 64.2 Å². The predicted octanol–water partition coefficient (Wildman–Crippen LogP) is 5.16. The standard InChI is InChI=1S/C23H35ClO5S/c24-17-9-11-19(12-10-17)29-15-18(25)16-30-22-14-13-21(26)20(22)7-5-3-1-2-4-6-8-23(27)28/h9-12,18,20-22,25-26H,1-8,13-16H2,(H,27,28). The van der Waals surface area contributed by atoms with Crippen molar-refractivity contribution in [1.29, 1.82) is 0 Å². The topological polar surface area (TPSA) is 87.0 Å². The second-order valence-electron chi connectivity index (χ2n) is 8.15. The van der Waals surface area contributed by atoms with E-state index < -0.39 is 12.1 Å². The normalized spacial score (nSPS) is 22.2. The molecule has 2 rings (SSSR count). The molecule has 1 aliphatic rings. The van der Waals surface area contributed by atoms with Crippen LogP contribution in [0.4, 0.5) is 0 Å². The van der Waals surface area contributed by atoms with Crippen LogP contribution in [-0.4, -0.2) is 51.1 Å². The lowest BCUT2D eigenvalue weighted by Gasteiger charge is -2.23. The second-order valence-corrected chi connectivity index (χ2v) is 9.86. The summed E-state index contributed by atoms with van der Waals surface area (Å²) < 4.78 is 5.61. The van der Waals surface area contributed by atoms with Gasteiger partial charge in [-0.2, -0.15) is 11.8 Å². The Bertz CT molecular complexity index is 612. The number of halogens is 1. The van der Waals surface area contributed by atoms with Gasteiger partial charge >= 0.3 is 5.97 Å². The SMILES string of the molecule is O=C(O)CCCCCCCCC1C(O)CCC1SCC(O)COc1ccc(Cl)cc1. The van der Waals surface area contributed by atoms with E-state index >= 15 is 0 Å². The zero-order valence-corrected chi connectivity index (χ0v) is 19.1. The molecule has 0 aromatic heterocycles. The number of ether oxygens (including phenoxy) is 1. The molecule has 0 aliphatic heterocycles. The van der Waals surface area contributed by atoms with Crippen LogP contribution in [-0.2, 0) is 4.79 Å². The first-order valence-electron chi connectivity index (χ1n) is 11.0. The van der Waals surface area contributed by atoms with Crippen molar-refractivity contribution in [2.24, 2.45) is 5.92 Å². The molecular formula is C23H35ClO5S. The molecule has 4 atom stereocenters. The Balaban J connectivity index is 1.58. The van der Waals surface area contributed by atoms with Gasteiger partial charge < -0.3 is 20.1 Å². The van der Waals surface area contributed by atoms with E-state index in [1.165, 1.54) is 0 Å². The van der Waals surface area contributed by atoms with Crippen molar-refractivity contribution >= 4 is 29.3 Å². The van der Waals surface area contributed by atoms with Crippen LogP contribution in [0.5, 0.6) is 5.75 Å². The van der Waals surface area contributed by atoms with E-state index in [2.05, 4.69) is 0 Å². The second kappa shape index (κ2) is 14.2. The molecule has 3 N–H and O–H groups in total. The van der Waals surface area contributed by atoms with Crippen LogP contribution >= 0.6 is 23.4 Å². The van der Waals surface area contributed by atoms with E-state index in [1.807, 2.05) is 0 Å². The van der Waals surface area contributed by atoms with Crippen LogP contribution in [0.3, 0.4) is 0 Å². The Morgan fingerprint density at radius 2 is 1.77 bits per heavy atom. The maximum Gasteiger partial charge on any atom is 0.303 e. The van der Waals surface area contributed by atoms with Crippen LogP contribution in [0.15, 0.2) is 24.3 Å². The molecular weight excluding hydrogens is 424 g/mol. The number of benzene rings is 1. The van der Waals surface area contributed by atoms with Gasteiger partial charge in [0.05, 0.1) is 12.2 Å². The number of thioether (sulfide) groups is 1. The van der Waals surface area contributed by atoms with E-state index in [1.54, 1.807) is 36.0 Å². The summed E-state index contributed by atoms with van der Waals surface area (Å²) in [4.78, 5) is 10.5. The van der Waals surface area contributed by atoms with Gasteiger partial charge in [0.15, 0.2) is 0 Å². The zero-order valence-electron chi connectivity index (χ0n) is 17.5. The number of carboxylic acids is 1. The smallest absolute Gasteiger partial charge is 0.303 e. The fraction of sp³-hybridized carbons (Fsp3) is 0.696. The quantitative estimate of drug-likeness (QED) is 0.315. The molecule has 0 bridgehead atoms. The van der Waals surface area contributed by atoms with Crippen LogP contribution in [0.25, 0.3) is 0 Å². The first kappa shape index (κ1) is 25.3. The fourth-order valence-electron chi connectivity index (χ4n) is 3.97. The van der Waals surface area contributed by atoms with Gasteiger partial charge in [-0.05, 0) is 55.9 Å².